The molecule has 0 bridgehead atoms. The summed E-state index contributed by atoms with van der Waals surface area (Å²) < 4.78 is 11.5. The number of nitrogens with one attached hydrogen (secondary N) is 1. The number of hydrogen-bond acceptors (Lipinski definition) is 5. The number of rotatable bonds is 8. The molecule has 3 aromatic rings. The van der Waals surface area contributed by atoms with Gasteiger partial charge in [-0.3, -0.25) is 4.79 Å². The molecule has 0 aliphatic heterocycles. The van der Waals surface area contributed by atoms with E-state index in [1.54, 1.807) is 6.07 Å². The molecule has 0 amide bonds. The van der Waals surface area contributed by atoms with Crippen LogP contribution in [-0.4, -0.2) is 28.4 Å². The van der Waals surface area contributed by atoms with Crippen LogP contribution in [0.5, 0.6) is 11.5 Å². The monoisotopic (exact) mass is 370 g/mol. The van der Waals surface area contributed by atoms with Gasteiger partial charge >= 0.3 is 0 Å². The van der Waals surface area contributed by atoms with Crippen molar-refractivity contribution in [3.63, 3.8) is 0 Å². The standard InChI is InChI=1S/C20H22N2O3S/c1-3-14(2)25-16-10-8-15(9-11-16)24-12-13-26-20-21-18-7-5-4-6-17(18)19(23)22-20/h4-11,14H,3,12-13H2,1-2H3,(H,21,22,23)/t14-/m0/s1. The summed E-state index contributed by atoms with van der Waals surface area (Å²) in [6.07, 6.45) is 1.18. The first kappa shape index (κ1) is 18.3. The second kappa shape index (κ2) is 8.76. The van der Waals surface area contributed by atoms with Gasteiger partial charge in [-0.25, -0.2) is 4.98 Å². The molecule has 1 aromatic heterocycles. The Morgan fingerprint density at radius 3 is 2.62 bits per heavy atom. The molecule has 26 heavy (non-hydrogen) atoms. The smallest absolute Gasteiger partial charge is 0.259 e. The fourth-order valence-electron chi connectivity index (χ4n) is 2.36. The molecule has 1 N–H and O–H groups in total. The Hall–Kier alpha value is -2.47. The van der Waals surface area contributed by atoms with Crippen molar-refractivity contribution in [2.45, 2.75) is 31.5 Å². The van der Waals surface area contributed by atoms with E-state index in [1.165, 1.54) is 11.8 Å². The van der Waals surface area contributed by atoms with E-state index in [9.17, 15) is 4.79 Å². The van der Waals surface area contributed by atoms with Crippen molar-refractivity contribution in [1.82, 2.24) is 9.97 Å². The van der Waals surface area contributed by atoms with Gasteiger partial charge in [0.2, 0.25) is 0 Å². The summed E-state index contributed by atoms with van der Waals surface area (Å²) >= 11 is 1.47. The topological polar surface area (TPSA) is 64.2 Å². The maximum atomic E-state index is 12.0. The second-order valence-electron chi connectivity index (χ2n) is 5.89. The number of thioether (sulfide) groups is 1. The first-order valence-electron chi connectivity index (χ1n) is 8.67. The molecule has 0 aliphatic rings. The molecular weight excluding hydrogens is 348 g/mol. The molecular formula is C20H22N2O3S. The first-order chi connectivity index (χ1) is 12.7. The van der Waals surface area contributed by atoms with Crippen molar-refractivity contribution in [3.05, 3.63) is 58.9 Å². The maximum absolute atomic E-state index is 12.0. The van der Waals surface area contributed by atoms with Crippen LogP contribution < -0.4 is 15.0 Å². The Morgan fingerprint density at radius 2 is 1.85 bits per heavy atom. The lowest BCUT2D eigenvalue weighted by Gasteiger charge is -2.13. The second-order valence-corrected chi connectivity index (χ2v) is 6.98. The van der Waals surface area contributed by atoms with E-state index in [0.717, 1.165) is 17.9 Å². The number of benzene rings is 2. The van der Waals surface area contributed by atoms with E-state index in [0.29, 0.717) is 28.4 Å². The fraction of sp³-hybridized carbons (Fsp3) is 0.300. The van der Waals surface area contributed by atoms with Gasteiger partial charge in [-0.2, -0.15) is 0 Å². The molecule has 1 heterocycles. The van der Waals surface area contributed by atoms with Crippen molar-refractivity contribution in [2.75, 3.05) is 12.4 Å². The zero-order chi connectivity index (χ0) is 18.4. The molecule has 5 nitrogen and oxygen atoms in total. The molecule has 0 spiro atoms. The van der Waals surface area contributed by atoms with E-state index < -0.39 is 0 Å². The summed E-state index contributed by atoms with van der Waals surface area (Å²) in [6, 6.07) is 15.0. The van der Waals surface area contributed by atoms with Crippen molar-refractivity contribution >= 4 is 22.7 Å². The lowest BCUT2D eigenvalue weighted by Crippen LogP contribution is -2.10. The average molecular weight is 370 g/mol. The van der Waals surface area contributed by atoms with E-state index >= 15 is 0 Å². The number of aromatic amines is 1. The van der Waals surface area contributed by atoms with E-state index in [1.807, 2.05) is 49.4 Å². The normalized spacial score (nSPS) is 12.1. The number of aromatic nitrogens is 2. The Bertz CT molecular complexity index is 909. The zero-order valence-corrected chi connectivity index (χ0v) is 15.7. The van der Waals surface area contributed by atoms with Gasteiger partial charge in [0.1, 0.15) is 11.5 Å². The van der Waals surface area contributed by atoms with E-state index in [-0.39, 0.29) is 11.7 Å². The summed E-state index contributed by atoms with van der Waals surface area (Å²) in [5.74, 6) is 2.33. The summed E-state index contributed by atoms with van der Waals surface area (Å²) in [6.45, 7) is 4.66. The highest BCUT2D eigenvalue weighted by Crippen LogP contribution is 2.20. The van der Waals surface area contributed by atoms with Gasteiger partial charge in [-0.1, -0.05) is 30.8 Å². The largest absolute Gasteiger partial charge is 0.493 e. The Balaban J connectivity index is 1.50. The van der Waals surface area contributed by atoms with Gasteiger partial charge in [-0.05, 0) is 49.7 Å². The number of hydrogen-bond donors (Lipinski definition) is 1. The molecule has 3 rings (SSSR count). The SMILES string of the molecule is CC[C@H](C)Oc1ccc(OCCSc2nc3ccccc3c(=O)[nH]2)cc1. The van der Waals surface area contributed by atoms with Crippen LogP contribution in [0.4, 0.5) is 0 Å². The highest BCUT2D eigenvalue weighted by Gasteiger charge is 2.04. The number of nitrogens with zero attached hydrogens (tertiary/aromatic N) is 1. The predicted molar refractivity (Wildman–Crippen MR) is 105 cm³/mol. The van der Waals surface area contributed by atoms with Crippen LogP contribution in [0.25, 0.3) is 10.9 Å². The third-order valence-corrected chi connectivity index (χ3v) is 4.76. The fourth-order valence-corrected chi connectivity index (χ4v) is 3.05. The van der Waals surface area contributed by atoms with Gasteiger partial charge in [0, 0.05) is 5.75 Å². The summed E-state index contributed by atoms with van der Waals surface area (Å²) in [4.78, 5) is 19.3. The van der Waals surface area contributed by atoms with Crippen LogP contribution in [-0.2, 0) is 0 Å². The summed E-state index contributed by atoms with van der Waals surface area (Å²) in [5, 5.41) is 1.21. The molecule has 0 aliphatic carbocycles. The summed E-state index contributed by atoms with van der Waals surface area (Å²) in [5.41, 5.74) is 0.590. The number of fused-ring (bicyclic) bond motifs is 1. The minimum Gasteiger partial charge on any atom is -0.493 e. The minimum absolute atomic E-state index is 0.115. The van der Waals surface area contributed by atoms with Crippen molar-refractivity contribution in [2.24, 2.45) is 0 Å². The van der Waals surface area contributed by atoms with Gasteiger partial charge in [0.25, 0.3) is 5.56 Å². The average Bonchev–Trinajstić information content (AvgIpc) is 2.66. The summed E-state index contributed by atoms with van der Waals surface area (Å²) in [7, 11) is 0. The quantitative estimate of drug-likeness (QED) is 0.364. The van der Waals surface area contributed by atoms with Gasteiger partial charge in [0.05, 0.1) is 23.6 Å². The van der Waals surface area contributed by atoms with Gasteiger partial charge in [0.15, 0.2) is 5.16 Å². The minimum atomic E-state index is -0.115. The van der Waals surface area contributed by atoms with Gasteiger partial charge in [-0.15, -0.1) is 0 Å². The van der Waals surface area contributed by atoms with Crippen LogP contribution in [0.2, 0.25) is 0 Å². The van der Waals surface area contributed by atoms with Crippen LogP contribution >= 0.6 is 11.8 Å². The Labute approximate surface area is 156 Å². The number of ether oxygens (including phenoxy) is 2. The van der Waals surface area contributed by atoms with Crippen molar-refractivity contribution in [3.8, 4) is 11.5 Å². The highest BCUT2D eigenvalue weighted by atomic mass is 32.2. The van der Waals surface area contributed by atoms with E-state index in [4.69, 9.17) is 9.47 Å². The highest BCUT2D eigenvalue weighted by molar-refractivity contribution is 7.99. The predicted octanol–water partition coefficient (Wildman–Crippen LogP) is 4.27. The molecule has 0 unspecified atom stereocenters. The first-order valence-corrected chi connectivity index (χ1v) is 9.65. The molecule has 6 heteroatoms. The molecule has 0 saturated heterocycles. The molecule has 1 atom stereocenters. The van der Waals surface area contributed by atoms with Crippen LogP contribution in [0.3, 0.4) is 0 Å². The van der Waals surface area contributed by atoms with Gasteiger partial charge < -0.3 is 14.5 Å². The van der Waals surface area contributed by atoms with Crippen LogP contribution in [0.15, 0.2) is 58.5 Å². The van der Waals surface area contributed by atoms with E-state index in [2.05, 4.69) is 16.9 Å². The molecule has 2 aromatic carbocycles. The molecule has 0 radical (unpaired) electrons. The lowest BCUT2D eigenvalue weighted by atomic mass is 10.2. The van der Waals surface area contributed by atoms with Crippen LogP contribution in [0, 0.1) is 0 Å². The number of H-pyrrole nitrogens is 1. The zero-order valence-electron chi connectivity index (χ0n) is 14.9. The Kier molecular flexibility index (Phi) is 6.17. The number of para-hydroxylation sites is 1. The third-order valence-electron chi connectivity index (χ3n) is 3.92. The molecule has 136 valence electrons. The van der Waals surface area contributed by atoms with Crippen molar-refractivity contribution in [1.29, 1.82) is 0 Å². The van der Waals surface area contributed by atoms with Crippen LogP contribution in [0.1, 0.15) is 20.3 Å². The van der Waals surface area contributed by atoms with Crippen molar-refractivity contribution < 1.29 is 9.47 Å². The third kappa shape index (κ3) is 4.79. The molecule has 0 saturated carbocycles. The Morgan fingerprint density at radius 1 is 1.12 bits per heavy atom. The molecule has 0 fully saturated rings. The lowest BCUT2D eigenvalue weighted by molar-refractivity contribution is 0.217. The maximum Gasteiger partial charge on any atom is 0.259 e.